The molecular formula is C19H36. The lowest BCUT2D eigenvalue weighted by Crippen LogP contribution is -1.71. The summed E-state index contributed by atoms with van der Waals surface area (Å²) in [5.41, 5.74) is 2.66. The van der Waals surface area contributed by atoms with Crippen LogP contribution in [0.5, 0.6) is 0 Å². The average molecular weight is 264 g/mol. The largest absolute Gasteiger partial charge is 0.103 e. The van der Waals surface area contributed by atoms with Gasteiger partial charge in [0, 0.05) is 0 Å². The van der Waals surface area contributed by atoms with Crippen molar-refractivity contribution in [2.24, 2.45) is 11.8 Å². The fraction of sp³-hybridized carbons (Fsp3) is 0.579. The molecule has 1 rings (SSSR count). The smallest absolute Gasteiger partial charge is 0.0293 e. The lowest BCUT2D eigenvalue weighted by Gasteiger charge is -1.90. The van der Waals surface area contributed by atoms with E-state index in [-0.39, 0.29) is 0 Å². The molecule has 0 atom stereocenters. The Kier molecular flexibility index (Phi) is 20.6. The molecule has 0 N–H and O–H groups in total. The molecule has 0 saturated carbocycles. The first-order valence-corrected chi connectivity index (χ1v) is 7.45. The molecule has 19 heavy (non-hydrogen) atoms. The summed E-state index contributed by atoms with van der Waals surface area (Å²) in [6.07, 6.45) is 1.92. The molecule has 1 aromatic rings. The summed E-state index contributed by atoms with van der Waals surface area (Å²) in [4.78, 5) is 0. The van der Waals surface area contributed by atoms with Crippen molar-refractivity contribution in [2.45, 2.75) is 62.3 Å². The minimum Gasteiger partial charge on any atom is -0.103 e. The molecule has 0 aliphatic carbocycles. The van der Waals surface area contributed by atoms with Gasteiger partial charge < -0.3 is 0 Å². The molecule has 0 heterocycles. The van der Waals surface area contributed by atoms with Crippen molar-refractivity contribution in [1.82, 2.24) is 0 Å². The van der Waals surface area contributed by atoms with Crippen LogP contribution >= 0.6 is 0 Å². The Hall–Kier alpha value is -1.04. The van der Waals surface area contributed by atoms with Crippen LogP contribution in [-0.2, 0) is 0 Å². The van der Waals surface area contributed by atoms with Gasteiger partial charge >= 0.3 is 0 Å². The lowest BCUT2D eigenvalue weighted by molar-refractivity contribution is 0.737. The molecule has 0 bridgehead atoms. The van der Waals surface area contributed by atoms with E-state index in [2.05, 4.69) is 79.3 Å². The van der Waals surface area contributed by atoms with E-state index in [0.29, 0.717) is 5.92 Å². The zero-order chi connectivity index (χ0) is 15.8. The Morgan fingerprint density at radius 2 is 0.947 bits per heavy atom. The van der Waals surface area contributed by atoms with E-state index in [9.17, 15) is 0 Å². The Labute approximate surface area is 123 Å². The SMILES string of the molecule is C=CC(C)C.CC.CC(C)C.Cc1ccc(C)cc1. The second-order valence-electron chi connectivity index (χ2n) is 5.37. The van der Waals surface area contributed by atoms with E-state index in [4.69, 9.17) is 0 Å². The summed E-state index contributed by atoms with van der Waals surface area (Å²) in [6, 6.07) is 8.48. The molecule has 0 heteroatoms. The highest BCUT2D eigenvalue weighted by Gasteiger charge is 1.79. The minimum atomic E-state index is 0.648. The summed E-state index contributed by atoms with van der Waals surface area (Å²) in [5, 5.41) is 0. The first kappa shape index (κ1) is 23.1. The topological polar surface area (TPSA) is 0 Å². The van der Waals surface area contributed by atoms with Crippen LogP contribution < -0.4 is 0 Å². The standard InChI is InChI=1S/C8H10.C5H10.C4H10.C2H6/c1-7-3-5-8(2)6-4-7;1-4-5(2)3;1-4(2)3;1-2/h3-6H,1-2H3;4-5H,1H2,2-3H3;4H,1-3H3;1-2H3. The van der Waals surface area contributed by atoms with Crippen LogP contribution in [0.4, 0.5) is 0 Å². The number of aryl methyl sites for hydroxylation is 2. The monoisotopic (exact) mass is 264 g/mol. The van der Waals surface area contributed by atoms with Gasteiger partial charge in [-0.05, 0) is 25.7 Å². The molecule has 1 aromatic carbocycles. The molecule has 0 saturated heterocycles. The fourth-order valence-corrected chi connectivity index (χ4v) is 0.637. The quantitative estimate of drug-likeness (QED) is 0.488. The summed E-state index contributed by atoms with van der Waals surface area (Å²) in [7, 11) is 0. The Bertz CT molecular complexity index is 241. The molecule has 0 unspecified atom stereocenters. The summed E-state index contributed by atoms with van der Waals surface area (Å²) in [5.74, 6) is 1.48. The van der Waals surface area contributed by atoms with Gasteiger partial charge in [-0.25, -0.2) is 0 Å². The van der Waals surface area contributed by atoms with Crippen LogP contribution in [0.25, 0.3) is 0 Å². The summed E-state index contributed by atoms with van der Waals surface area (Å²) in [6.45, 7) is 22.5. The normalized spacial score (nSPS) is 8.37. The number of allylic oxidation sites excluding steroid dienone is 1. The van der Waals surface area contributed by atoms with Crippen LogP contribution in [0.2, 0.25) is 0 Å². The van der Waals surface area contributed by atoms with E-state index < -0.39 is 0 Å². The van der Waals surface area contributed by atoms with Crippen LogP contribution in [0.3, 0.4) is 0 Å². The van der Waals surface area contributed by atoms with Gasteiger partial charge in [0.05, 0.1) is 0 Å². The van der Waals surface area contributed by atoms with Crippen molar-refractivity contribution < 1.29 is 0 Å². The summed E-state index contributed by atoms with van der Waals surface area (Å²) >= 11 is 0. The highest BCUT2D eigenvalue weighted by atomic mass is 13.9. The minimum absolute atomic E-state index is 0.648. The van der Waals surface area contributed by atoms with Crippen molar-refractivity contribution in [1.29, 1.82) is 0 Å². The maximum absolute atomic E-state index is 3.56. The number of hydrogen-bond donors (Lipinski definition) is 0. The van der Waals surface area contributed by atoms with Gasteiger partial charge in [0.15, 0.2) is 0 Å². The second-order valence-corrected chi connectivity index (χ2v) is 5.37. The molecule has 0 fully saturated rings. The van der Waals surface area contributed by atoms with Crippen LogP contribution in [0, 0.1) is 25.7 Å². The maximum atomic E-state index is 3.56. The zero-order valence-corrected chi connectivity index (χ0v) is 14.7. The number of benzene rings is 1. The molecule has 0 radical (unpaired) electrons. The van der Waals surface area contributed by atoms with E-state index in [1.807, 2.05) is 19.9 Å². The zero-order valence-electron chi connectivity index (χ0n) is 14.7. The van der Waals surface area contributed by atoms with Crippen molar-refractivity contribution in [3.8, 4) is 0 Å². The van der Waals surface area contributed by atoms with Gasteiger partial charge in [0.25, 0.3) is 0 Å². The van der Waals surface area contributed by atoms with Crippen molar-refractivity contribution in [3.63, 3.8) is 0 Å². The third-order valence-electron chi connectivity index (χ3n) is 1.69. The van der Waals surface area contributed by atoms with Crippen molar-refractivity contribution >= 4 is 0 Å². The fourth-order valence-electron chi connectivity index (χ4n) is 0.637. The van der Waals surface area contributed by atoms with E-state index >= 15 is 0 Å². The van der Waals surface area contributed by atoms with Gasteiger partial charge in [0.2, 0.25) is 0 Å². The van der Waals surface area contributed by atoms with Gasteiger partial charge in [0.1, 0.15) is 0 Å². The van der Waals surface area contributed by atoms with Crippen molar-refractivity contribution in [2.75, 3.05) is 0 Å². The molecule has 0 aliphatic rings. The molecule has 0 spiro atoms. The first-order valence-electron chi connectivity index (χ1n) is 7.45. The lowest BCUT2D eigenvalue weighted by atomic mass is 10.2. The average Bonchev–Trinajstić information content (AvgIpc) is 2.35. The molecular weight excluding hydrogens is 228 g/mol. The van der Waals surface area contributed by atoms with Crippen LogP contribution in [0.15, 0.2) is 36.9 Å². The van der Waals surface area contributed by atoms with Crippen LogP contribution in [-0.4, -0.2) is 0 Å². The van der Waals surface area contributed by atoms with E-state index in [1.165, 1.54) is 11.1 Å². The van der Waals surface area contributed by atoms with E-state index in [0.717, 1.165) is 5.92 Å². The number of hydrogen-bond acceptors (Lipinski definition) is 0. The van der Waals surface area contributed by atoms with Gasteiger partial charge in [-0.2, -0.15) is 0 Å². The number of rotatable bonds is 1. The van der Waals surface area contributed by atoms with Gasteiger partial charge in [-0.15, -0.1) is 6.58 Å². The Balaban J connectivity index is -0.000000203. The van der Waals surface area contributed by atoms with Crippen molar-refractivity contribution in [3.05, 3.63) is 48.0 Å². The van der Waals surface area contributed by atoms with Crippen LogP contribution in [0.1, 0.15) is 59.6 Å². The predicted octanol–water partition coefficient (Wildman–Crippen LogP) is 6.82. The third kappa shape index (κ3) is 31.6. The molecule has 0 aromatic heterocycles. The third-order valence-corrected chi connectivity index (χ3v) is 1.69. The maximum Gasteiger partial charge on any atom is -0.0293 e. The Morgan fingerprint density at radius 3 is 1.05 bits per heavy atom. The second kappa shape index (κ2) is 17.0. The first-order chi connectivity index (χ1) is 8.79. The molecule has 0 nitrogen and oxygen atoms in total. The predicted molar refractivity (Wildman–Crippen MR) is 92.8 cm³/mol. The Morgan fingerprint density at radius 1 is 0.789 bits per heavy atom. The highest BCUT2D eigenvalue weighted by Crippen LogP contribution is 1.99. The highest BCUT2D eigenvalue weighted by molar-refractivity contribution is 5.19. The molecule has 0 aliphatic heterocycles. The molecule has 112 valence electrons. The summed E-state index contributed by atoms with van der Waals surface area (Å²) < 4.78 is 0. The van der Waals surface area contributed by atoms with Gasteiger partial charge in [-0.3, -0.25) is 0 Å². The molecule has 0 amide bonds. The van der Waals surface area contributed by atoms with E-state index in [1.54, 1.807) is 0 Å². The van der Waals surface area contributed by atoms with Gasteiger partial charge in [-0.1, -0.05) is 89.9 Å².